The van der Waals surface area contributed by atoms with Gasteiger partial charge in [0, 0.05) is 24.5 Å². The van der Waals surface area contributed by atoms with E-state index in [4.69, 9.17) is 10.00 Å². The third-order valence-electron chi connectivity index (χ3n) is 3.98. The number of rotatable bonds is 5. The van der Waals surface area contributed by atoms with Gasteiger partial charge in [-0.15, -0.1) is 0 Å². The molecule has 2 heterocycles. The molecule has 0 atom stereocenters. The molecule has 1 aliphatic rings. The Morgan fingerprint density at radius 2 is 1.91 bits per heavy atom. The summed E-state index contributed by atoms with van der Waals surface area (Å²) in [4.78, 5) is 6.42. The Morgan fingerprint density at radius 1 is 1.14 bits per heavy atom. The lowest BCUT2D eigenvalue weighted by atomic mass is 10.0. The minimum atomic E-state index is 0.588. The molecule has 3 rings (SSSR count). The lowest BCUT2D eigenvalue weighted by Gasteiger charge is -2.15. The number of likely N-dealkylation sites (tertiary alicyclic amines) is 1. The van der Waals surface area contributed by atoms with Crippen LogP contribution in [0.1, 0.15) is 18.4 Å². The largest absolute Gasteiger partial charge is 0.492 e. The molecule has 0 bridgehead atoms. The first-order chi connectivity index (χ1) is 10.9. The molecule has 1 aromatic carbocycles. The van der Waals surface area contributed by atoms with E-state index < -0.39 is 0 Å². The van der Waals surface area contributed by atoms with Crippen LogP contribution in [0.15, 0.2) is 42.7 Å². The molecule has 2 aromatic rings. The monoisotopic (exact) mass is 293 g/mol. The van der Waals surface area contributed by atoms with Gasteiger partial charge in [-0.1, -0.05) is 12.1 Å². The molecular weight excluding hydrogens is 274 g/mol. The number of nitrogens with zero attached hydrogens (tertiary/aromatic N) is 3. The Kier molecular flexibility index (Phi) is 4.67. The van der Waals surface area contributed by atoms with Gasteiger partial charge in [-0.2, -0.15) is 5.26 Å². The van der Waals surface area contributed by atoms with Crippen LogP contribution >= 0.6 is 0 Å². The van der Waals surface area contributed by atoms with Crippen LogP contribution in [-0.4, -0.2) is 36.1 Å². The SMILES string of the molecule is N#Cc1cnccc1-c1ccc(OCCN2CCCC2)cc1. The van der Waals surface area contributed by atoms with Crippen molar-refractivity contribution in [3.8, 4) is 22.9 Å². The number of hydrogen-bond acceptors (Lipinski definition) is 4. The van der Waals surface area contributed by atoms with Crippen molar-refractivity contribution in [3.05, 3.63) is 48.3 Å². The van der Waals surface area contributed by atoms with Gasteiger partial charge in [-0.05, 0) is 49.7 Å². The average molecular weight is 293 g/mol. The van der Waals surface area contributed by atoms with Crippen LogP contribution in [0, 0.1) is 11.3 Å². The second kappa shape index (κ2) is 7.06. The minimum Gasteiger partial charge on any atom is -0.492 e. The normalized spacial score (nSPS) is 14.7. The predicted octanol–water partition coefficient (Wildman–Crippen LogP) is 3.09. The smallest absolute Gasteiger partial charge is 0.119 e. The second-order valence-electron chi connectivity index (χ2n) is 5.45. The molecule has 0 radical (unpaired) electrons. The van der Waals surface area contributed by atoms with Gasteiger partial charge >= 0.3 is 0 Å². The van der Waals surface area contributed by atoms with Crippen molar-refractivity contribution in [1.29, 1.82) is 5.26 Å². The number of hydrogen-bond donors (Lipinski definition) is 0. The first-order valence-electron chi connectivity index (χ1n) is 7.66. The highest BCUT2D eigenvalue weighted by molar-refractivity contribution is 5.70. The zero-order valence-electron chi connectivity index (χ0n) is 12.5. The van der Waals surface area contributed by atoms with Crippen molar-refractivity contribution >= 4 is 0 Å². The summed E-state index contributed by atoms with van der Waals surface area (Å²) < 4.78 is 5.80. The number of pyridine rings is 1. The van der Waals surface area contributed by atoms with Gasteiger partial charge in [0.05, 0.1) is 5.56 Å². The van der Waals surface area contributed by atoms with Crippen LogP contribution < -0.4 is 4.74 Å². The Balaban J connectivity index is 1.61. The first-order valence-corrected chi connectivity index (χ1v) is 7.66. The van der Waals surface area contributed by atoms with Crippen LogP contribution in [0.5, 0.6) is 5.75 Å². The third-order valence-corrected chi connectivity index (χ3v) is 3.98. The number of aromatic nitrogens is 1. The molecular formula is C18H19N3O. The number of nitriles is 1. The van der Waals surface area contributed by atoms with E-state index in [9.17, 15) is 0 Å². The van der Waals surface area contributed by atoms with Crippen molar-refractivity contribution in [3.63, 3.8) is 0 Å². The maximum Gasteiger partial charge on any atom is 0.119 e. The maximum absolute atomic E-state index is 9.13. The predicted molar refractivity (Wildman–Crippen MR) is 85.6 cm³/mol. The van der Waals surface area contributed by atoms with Gasteiger partial charge in [0.25, 0.3) is 0 Å². The molecule has 0 amide bonds. The van der Waals surface area contributed by atoms with Gasteiger partial charge in [0.15, 0.2) is 0 Å². The zero-order chi connectivity index (χ0) is 15.2. The van der Waals surface area contributed by atoms with Crippen molar-refractivity contribution in [2.24, 2.45) is 0 Å². The molecule has 1 aromatic heterocycles. The van der Waals surface area contributed by atoms with Crippen LogP contribution in [0.25, 0.3) is 11.1 Å². The summed E-state index contributed by atoms with van der Waals surface area (Å²) in [7, 11) is 0. The van der Waals surface area contributed by atoms with E-state index in [1.807, 2.05) is 30.3 Å². The van der Waals surface area contributed by atoms with E-state index in [2.05, 4.69) is 16.0 Å². The van der Waals surface area contributed by atoms with E-state index in [-0.39, 0.29) is 0 Å². The maximum atomic E-state index is 9.13. The molecule has 1 aliphatic heterocycles. The molecule has 0 aliphatic carbocycles. The second-order valence-corrected chi connectivity index (χ2v) is 5.45. The summed E-state index contributed by atoms with van der Waals surface area (Å²) in [5.41, 5.74) is 2.50. The minimum absolute atomic E-state index is 0.588. The number of benzene rings is 1. The van der Waals surface area contributed by atoms with Gasteiger partial charge in [-0.3, -0.25) is 9.88 Å². The highest BCUT2D eigenvalue weighted by atomic mass is 16.5. The van der Waals surface area contributed by atoms with E-state index in [1.165, 1.54) is 25.9 Å². The molecule has 4 nitrogen and oxygen atoms in total. The molecule has 0 unspecified atom stereocenters. The summed E-state index contributed by atoms with van der Waals surface area (Å²) in [6.07, 6.45) is 5.91. The Bertz CT molecular complexity index is 655. The summed E-state index contributed by atoms with van der Waals surface area (Å²) >= 11 is 0. The molecule has 22 heavy (non-hydrogen) atoms. The highest BCUT2D eigenvalue weighted by Crippen LogP contribution is 2.24. The highest BCUT2D eigenvalue weighted by Gasteiger charge is 2.10. The first kappa shape index (κ1) is 14.6. The van der Waals surface area contributed by atoms with Gasteiger partial charge in [0.1, 0.15) is 18.4 Å². The Hall–Kier alpha value is -2.38. The summed E-state index contributed by atoms with van der Waals surface area (Å²) in [5, 5.41) is 9.13. The van der Waals surface area contributed by atoms with Crippen LogP contribution in [0.4, 0.5) is 0 Å². The van der Waals surface area contributed by atoms with Crippen LogP contribution in [0.2, 0.25) is 0 Å². The van der Waals surface area contributed by atoms with Gasteiger partial charge in [-0.25, -0.2) is 0 Å². The van der Waals surface area contributed by atoms with E-state index in [1.54, 1.807) is 12.4 Å². The van der Waals surface area contributed by atoms with Crippen molar-refractivity contribution in [2.75, 3.05) is 26.2 Å². The third kappa shape index (κ3) is 3.44. The van der Waals surface area contributed by atoms with E-state index in [0.717, 1.165) is 30.0 Å². The fraction of sp³-hybridized carbons (Fsp3) is 0.333. The fourth-order valence-electron chi connectivity index (χ4n) is 2.76. The molecule has 0 N–H and O–H groups in total. The van der Waals surface area contributed by atoms with E-state index in [0.29, 0.717) is 5.56 Å². The quantitative estimate of drug-likeness (QED) is 0.850. The van der Waals surface area contributed by atoms with Crippen molar-refractivity contribution in [2.45, 2.75) is 12.8 Å². The molecule has 1 saturated heterocycles. The fourth-order valence-corrected chi connectivity index (χ4v) is 2.76. The standard InChI is InChI=1S/C18H19N3O/c19-13-16-14-20-8-7-18(16)15-3-5-17(6-4-15)22-12-11-21-9-1-2-10-21/h3-8,14H,1-2,9-12H2. The lowest BCUT2D eigenvalue weighted by molar-refractivity contribution is 0.238. The van der Waals surface area contributed by atoms with Crippen molar-refractivity contribution in [1.82, 2.24) is 9.88 Å². The summed E-state index contributed by atoms with van der Waals surface area (Å²) in [6, 6.07) is 11.9. The Morgan fingerprint density at radius 3 is 2.64 bits per heavy atom. The van der Waals surface area contributed by atoms with E-state index >= 15 is 0 Å². The van der Waals surface area contributed by atoms with Crippen LogP contribution in [-0.2, 0) is 0 Å². The molecule has 112 valence electrons. The molecule has 1 fully saturated rings. The summed E-state index contributed by atoms with van der Waals surface area (Å²) in [6.45, 7) is 4.10. The Labute approximate surface area is 131 Å². The zero-order valence-corrected chi connectivity index (χ0v) is 12.5. The summed E-state index contributed by atoms with van der Waals surface area (Å²) in [5.74, 6) is 0.871. The topological polar surface area (TPSA) is 49.1 Å². The molecule has 4 heteroatoms. The average Bonchev–Trinajstić information content (AvgIpc) is 3.09. The molecule has 0 spiro atoms. The molecule has 0 saturated carbocycles. The van der Waals surface area contributed by atoms with Gasteiger partial charge in [0.2, 0.25) is 0 Å². The van der Waals surface area contributed by atoms with Crippen LogP contribution in [0.3, 0.4) is 0 Å². The number of ether oxygens (including phenoxy) is 1. The van der Waals surface area contributed by atoms with Gasteiger partial charge < -0.3 is 4.74 Å². The van der Waals surface area contributed by atoms with Crippen molar-refractivity contribution < 1.29 is 4.74 Å². The lowest BCUT2D eigenvalue weighted by Crippen LogP contribution is -2.25.